The third-order valence-corrected chi connectivity index (χ3v) is 6.57. The fourth-order valence-electron chi connectivity index (χ4n) is 4.46. The van der Waals surface area contributed by atoms with Crippen LogP contribution in [0.3, 0.4) is 0 Å². The Balaban J connectivity index is 2.04. The van der Waals surface area contributed by atoms with Gasteiger partial charge in [0.15, 0.2) is 0 Å². The molecule has 3 N–H and O–H groups in total. The molecule has 0 aromatic heterocycles. The summed E-state index contributed by atoms with van der Waals surface area (Å²) in [5.41, 5.74) is 0.911. The molecule has 0 aliphatic carbocycles. The fraction of sp³-hybridized carbons (Fsp3) is 0.533. The van der Waals surface area contributed by atoms with Gasteiger partial charge in [-0.2, -0.15) is 0 Å². The van der Waals surface area contributed by atoms with E-state index < -0.39 is 29.3 Å². The van der Waals surface area contributed by atoms with E-state index in [0.717, 1.165) is 24.5 Å². The zero-order chi connectivity index (χ0) is 28.1. The molecule has 0 bridgehead atoms. The first-order valence-corrected chi connectivity index (χ1v) is 13.6. The summed E-state index contributed by atoms with van der Waals surface area (Å²) < 4.78 is 27.6. The number of halogens is 2. The van der Waals surface area contributed by atoms with E-state index in [0.29, 0.717) is 25.1 Å². The van der Waals surface area contributed by atoms with Crippen molar-refractivity contribution < 1.29 is 23.5 Å². The van der Waals surface area contributed by atoms with E-state index in [1.165, 1.54) is 12.1 Å². The number of rotatable bonds is 16. The Morgan fingerprint density at radius 1 is 0.974 bits per heavy atom. The Kier molecular flexibility index (Phi) is 12.8. The second-order valence-corrected chi connectivity index (χ2v) is 10.3. The molecule has 0 aliphatic heterocycles. The van der Waals surface area contributed by atoms with Crippen LogP contribution in [0.1, 0.15) is 70.9 Å². The summed E-state index contributed by atoms with van der Waals surface area (Å²) in [6.07, 6.45) is 1.53. The van der Waals surface area contributed by atoms with E-state index in [2.05, 4.69) is 10.6 Å². The maximum Gasteiger partial charge on any atom is 0.222 e. The summed E-state index contributed by atoms with van der Waals surface area (Å²) in [5.74, 6) is -1.73. The van der Waals surface area contributed by atoms with Crippen LogP contribution in [-0.4, -0.2) is 53.6 Å². The highest BCUT2D eigenvalue weighted by Crippen LogP contribution is 2.20. The van der Waals surface area contributed by atoms with Crippen LogP contribution in [0.25, 0.3) is 0 Å². The Hall–Kier alpha value is -2.84. The summed E-state index contributed by atoms with van der Waals surface area (Å²) in [7, 11) is 0. The molecule has 0 saturated heterocycles. The topological polar surface area (TPSA) is 81.7 Å². The van der Waals surface area contributed by atoms with Crippen molar-refractivity contribution in [3.05, 3.63) is 71.3 Å². The van der Waals surface area contributed by atoms with Gasteiger partial charge in [-0.1, -0.05) is 44.2 Å². The number of hydrogen-bond acceptors (Lipinski definition) is 4. The summed E-state index contributed by atoms with van der Waals surface area (Å²) in [6, 6.07) is 12.2. The highest BCUT2D eigenvalue weighted by molar-refractivity contribution is 5.79. The number of carbonyl (C=O) groups excluding carboxylic acids is 2. The quantitative estimate of drug-likeness (QED) is 0.293. The molecule has 2 aromatic rings. The Morgan fingerprint density at radius 2 is 1.58 bits per heavy atom. The van der Waals surface area contributed by atoms with Gasteiger partial charge in [-0.25, -0.2) is 8.78 Å². The largest absolute Gasteiger partial charge is 0.390 e. The first-order valence-electron chi connectivity index (χ1n) is 13.6. The molecule has 8 heteroatoms. The van der Waals surface area contributed by atoms with Gasteiger partial charge in [0, 0.05) is 44.1 Å². The van der Waals surface area contributed by atoms with Crippen LogP contribution in [0.4, 0.5) is 8.78 Å². The first-order chi connectivity index (χ1) is 18.1. The molecule has 2 amide bonds. The first kappa shape index (κ1) is 31.4. The Bertz CT molecular complexity index is 991. The van der Waals surface area contributed by atoms with Crippen LogP contribution in [0, 0.1) is 11.6 Å². The lowest BCUT2D eigenvalue weighted by Crippen LogP contribution is -2.51. The van der Waals surface area contributed by atoms with Crippen LogP contribution < -0.4 is 10.6 Å². The van der Waals surface area contributed by atoms with E-state index >= 15 is 0 Å². The lowest BCUT2D eigenvalue weighted by molar-refractivity contribution is -0.131. The van der Waals surface area contributed by atoms with Gasteiger partial charge < -0.3 is 20.6 Å². The predicted octanol–water partition coefficient (Wildman–Crippen LogP) is 4.70. The number of aliphatic hydroxyl groups excluding tert-OH is 1. The van der Waals surface area contributed by atoms with Gasteiger partial charge in [0.05, 0.1) is 12.1 Å². The smallest absolute Gasteiger partial charge is 0.222 e. The molecule has 2 aromatic carbocycles. The second-order valence-electron chi connectivity index (χ2n) is 10.3. The van der Waals surface area contributed by atoms with Crippen molar-refractivity contribution in [1.29, 1.82) is 0 Å². The number of hydrogen-bond donors (Lipinski definition) is 3. The average Bonchev–Trinajstić information content (AvgIpc) is 2.86. The molecule has 2 atom stereocenters. The fourth-order valence-corrected chi connectivity index (χ4v) is 4.46. The normalized spacial score (nSPS) is 13.1. The van der Waals surface area contributed by atoms with E-state index in [1.54, 1.807) is 0 Å². The molecule has 38 heavy (non-hydrogen) atoms. The van der Waals surface area contributed by atoms with E-state index in [-0.39, 0.29) is 37.6 Å². The van der Waals surface area contributed by atoms with Crippen molar-refractivity contribution in [2.24, 2.45) is 0 Å². The third-order valence-electron chi connectivity index (χ3n) is 6.57. The van der Waals surface area contributed by atoms with Crippen LogP contribution >= 0.6 is 0 Å². The van der Waals surface area contributed by atoms with Gasteiger partial charge in [-0.15, -0.1) is 0 Å². The highest BCUT2D eigenvalue weighted by Gasteiger charge is 2.26. The maximum absolute atomic E-state index is 13.8. The van der Waals surface area contributed by atoms with Crippen molar-refractivity contribution in [3.8, 4) is 0 Å². The van der Waals surface area contributed by atoms with Crippen molar-refractivity contribution in [2.75, 3.05) is 19.6 Å². The second kappa shape index (κ2) is 15.5. The molecule has 0 unspecified atom stereocenters. The molecular formula is C30H43F2N3O3. The van der Waals surface area contributed by atoms with E-state index in [4.69, 9.17) is 0 Å². The SMILES string of the molecule is CCCN(CCC)C(=O)CCCC(=O)N[C@@H](Cc1cc(F)cc(F)c1)[C@H](O)CNC(C)(C)c1ccccc1. The van der Waals surface area contributed by atoms with Crippen LogP contribution in [0.5, 0.6) is 0 Å². The third kappa shape index (κ3) is 10.5. The van der Waals surface area contributed by atoms with Crippen molar-refractivity contribution >= 4 is 11.8 Å². The van der Waals surface area contributed by atoms with Gasteiger partial charge in [0.1, 0.15) is 11.6 Å². The van der Waals surface area contributed by atoms with Crippen LogP contribution in [0.2, 0.25) is 0 Å². The van der Waals surface area contributed by atoms with E-state index in [9.17, 15) is 23.5 Å². The lowest BCUT2D eigenvalue weighted by Gasteiger charge is -2.31. The van der Waals surface area contributed by atoms with Crippen molar-refractivity contribution in [2.45, 2.75) is 83.9 Å². The number of benzene rings is 2. The predicted molar refractivity (Wildman–Crippen MR) is 146 cm³/mol. The average molecular weight is 532 g/mol. The molecule has 0 saturated carbocycles. The summed E-state index contributed by atoms with van der Waals surface area (Å²) in [6.45, 7) is 9.56. The number of nitrogens with one attached hydrogen (secondary N) is 2. The molecule has 2 rings (SSSR count). The van der Waals surface area contributed by atoms with Gasteiger partial charge in [-0.3, -0.25) is 9.59 Å². The Labute approximate surface area is 225 Å². The standard InChI is InChI=1S/C30H43F2N3O3/c1-5-15-35(16-6-2)29(38)14-10-13-28(37)34-26(19-22-17-24(31)20-25(32)18-22)27(36)21-33-30(3,4)23-11-8-7-9-12-23/h7-9,11-12,17-18,20,26-27,33,36H,5-6,10,13-16,19,21H2,1-4H3,(H,34,37)/t26-,27+/m0/s1. The molecule has 0 radical (unpaired) electrons. The van der Waals surface area contributed by atoms with Gasteiger partial charge in [0.2, 0.25) is 11.8 Å². The summed E-state index contributed by atoms with van der Waals surface area (Å²) in [5, 5.41) is 17.2. The van der Waals surface area contributed by atoms with Crippen LogP contribution in [-0.2, 0) is 21.5 Å². The number of aliphatic hydroxyl groups is 1. The molecular weight excluding hydrogens is 488 g/mol. The monoisotopic (exact) mass is 531 g/mol. The van der Waals surface area contributed by atoms with Gasteiger partial charge in [-0.05, 0) is 62.8 Å². The summed E-state index contributed by atoms with van der Waals surface area (Å²) in [4.78, 5) is 27.1. The van der Waals surface area contributed by atoms with Gasteiger partial charge >= 0.3 is 0 Å². The van der Waals surface area contributed by atoms with Gasteiger partial charge in [0.25, 0.3) is 0 Å². The minimum Gasteiger partial charge on any atom is -0.390 e. The molecule has 0 spiro atoms. The number of nitrogens with zero attached hydrogens (tertiary/aromatic N) is 1. The molecule has 0 heterocycles. The molecule has 6 nitrogen and oxygen atoms in total. The Morgan fingerprint density at radius 3 is 2.16 bits per heavy atom. The molecule has 0 aliphatic rings. The zero-order valence-corrected chi connectivity index (χ0v) is 23.1. The van der Waals surface area contributed by atoms with E-state index in [1.807, 2.05) is 62.9 Å². The number of amides is 2. The molecule has 0 fully saturated rings. The lowest BCUT2D eigenvalue weighted by atomic mass is 9.93. The minimum absolute atomic E-state index is 0.0284. The highest BCUT2D eigenvalue weighted by atomic mass is 19.1. The maximum atomic E-state index is 13.8. The van der Waals surface area contributed by atoms with Crippen molar-refractivity contribution in [3.63, 3.8) is 0 Å². The van der Waals surface area contributed by atoms with Crippen LogP contribution in [0.15, 0.2) is 48.5 Å². The minimum atomic E-state index is -1.03. The number of carbonyl (C=O) groups is 2. The summed E-state index contributed by atoms with van der Waals surface area (Å²) >= 11 is 0. The molecule has 210 valence electrons. The van der Waals surface area contributed by atoms with Crippen molar-refractivity contribution in [1.82, 2.24) is 15.5 Å². The zero-order valence-electron chi connectivity index (χ0n) is 23.1.